The van der Waals surface area contributed by atoms with Crippen molar-refractivity contribution >= 4 is 21.7 Å². The zero-order chi connectivity index (χ0) is 12.8. The van der Waals surface area contributed by atoms with Crippen molar-refractivity contribution in [2.75, 3.05) is 18.1 Å². The molecule has 0 radical (unpaired) electrons. The van der Waals surface area contributed by atoms with Crippen molar-refractivity contribution in [3.8, 4) is 0 Å². The van der Waals surface area contributed by atoms with Crippen LogP contribution in [0.5, 0.6) is 0 Å². The van der Waals surface area contributed by atoms with Gasteiger partial charge in [0.05, 0.1) is 11.1 Å². The SMILES string of the molecule is OCCN(Cc1cccnc1)c1ncncc1Br. The molecule has 6 heteroatoms. The number of nitrogens with zero attached hydrogens (tertiary/aromatic N) is 4. The number of anilines is 1. The number of aliphatic hydroxyl groups is 1. The summed E-state index contributed by atoms with van der Waals surface area (Å²) >= 11 is 3.42. The minimum atomic E-state index is 0.0662. The molecule has 1 N–H and O–H groups in total. The Bertz CT molecular complexity index is 494. The fourth-order valence-electron chi connectivity index (χ4n) is 1.63. The number of aliphatic hydroxyl groups excluding tert-OH is 1. The molecule has 0 spiro atoms. The summed E-state index contributed by atoms with van der Waals surface area (Å²) < 4.78 is 0.808. The second-order valence-electron chi connectivity index (χ2n) is 3.70. The Morgan fingerprint density at radius 3 is 2.83 bits per heavy atom. The average molecular weight is 309 g/mol. The lowest BCUT2D eigenvalue weighted by molar-refractivity contribution is 0.301. The van der Waals surface area contributed by atoms with Crippen molar-refractivity contribution < 1.29 is 5.11 Å². The van der Waals surface area contributed by atoms with E-state index in [1.807, 2.05) is 17.0 Å². The van der Waals surface area contributed by atoms with E-state index in [4.69, 9.17) is 5.11 Å². The molecule has 0 aliphatic heterocycles. The Morgan fingerprint density at radius 2 is 2.17 bits per heavy atom. The smallest absolute Gasteiger partial charge is 0.146 e. The van der Waals surface area contributed by atoms with Gasteiger partial charge < -0.3 is 10.0 Å². The molecule has 94 valence electrons. The lowest BCUT2D eigenvalue weighted by Gasteiger charge is -2.23. The van der Waals surface area contributed by atoms with Gasteiger partial charge in [-0.1, -0.05) is 6.07 Å². The number of halogens is 1. The molecule has 0 aliphatic rings. The van der Waals surface area contributed by atoms with Crippen LogP contribution in [0.1, 0.15) is 5.56 Å². The molecule has 0 aliphatic carbocycles. The van der Waals surface area contributed by atoms with Crippen molar-refractivity contribution in [1.82, 2.24) is 15.0 Å². The van der Waals surface area contributed by atoms with Crippen LogP contribution in [-0.4, -0.2) is 33.2 Å². The highest BCUT2D eigenvalue weighted by molar-refractivity contribution is 9.10. The van der Waals surface area contributed by atoms with Gasteiger partial charge in [-0.05, 0) is 27.6 Å². The van der Waals surface area contributed by atoms with Crippen molar-refractivity contribution in [3.63, 3.8) is 0 Å². The minimum Gasteiger partial charge on any atom is -0.395 e. The van der Waals surface area contributed by atoms with Gasteiger partial charge in [0, 0.05) is 31.7 Å². The Labute approximate surface area is 114 Å². The van der Waals surface area contributed by atoms with Crippen molar-refractivity contribution in [2.24, 2.45) is 0 Å². The van der Waals surface area contributed by atoms with Crippen LogP contribution in [0.15, 0.2) is 41.5 Å². The predicted octanol–water partition coefficient (Wildman–Crippen LogP) is 1.63. The van der Waals surface area contributed by atoms with Crippen LogP contribution < -0.4 is 4.90 Å². The largest absolute Gasteiger partial charge is 0.395 e. The molecule has 0 saturated carbocycles. The van der Waals surface area contributed by atoms with Gasteiger partial charge in [0.15, 0.2) is 0 Å². The molecule has 18 heavy (non-hydrogen) atoms. The molecule has 0 atom stereocenters. The van der Waals surface area contributed by atoms with E-state index in [0.29, 0.717) is 13.1 Å². The Hall–Kier alpha value is -1.53. The summed E-state index contributed by atoms with van der Waals surface area (Å²) in [5.41, 5.74) is 1.07. The third-order valence-electron chi connectivity index (χ3n) is 2.41. The van der Waals surface area contributed by atoms with Crippen molar-refractivity contribution in [3.05, 3.63) is 47.1 Å². The summed E-state index contributed by atoms with van der Waals surface area (Å²) in [6.07, 6.45) is 6.73. The molecule has 2 heterocycles. The minimum absolute atomic E-state index is 0.0662. The molecule has 0 fully saturated rings. The topological polar surface area (TPSA) is 62.1 Å². The van der Waals surface area contributed by atoms with E-state index in [-0.39, 0.29) is 6.61 Å². The fourth-order valence-corrected chi connectivity index (χ4v) is 2.10. The van der Waals surface area contributed by atoms with E-state index in [1.54, 1.807) is 18.6 Å². The maximum Gasteiger partial charge on any atom is 0.146 e. The summed E-state index contributed by atoms with van der Waals surface area (Å²) in [4.78, 5) is 14.2. The first-order valence-corrected chi connectivity index (χ1v) is 6.31. The molecule has 2 rings (SSSR count). The van der Waals surface area contributed by atoms with E-state index >= 15 is 0 Å². The van der Waals surface area contributed by atoms with Crippen LogP contribution in [0.3, 0.4) is 0 Å². The second-order valence-corrected chi connectivity index (χ2v) is 4.56. The average Bonchev–Trinajstić information content (AvgIpc) is 2.40. The summed E-state index contributed by atoms with van der Waals surface area (Å²) in [7, 11) is 0. The number of hydrogen-bond donors (Lipinski definition) is 1. The zero-order valence-electron chi connectivity index (χ0n) is 9.70. The summed E-state index contributed by atoms with van der Waals surface area (Å²) in [6.45, 7) is 1.21. The molecule has 0 saturated heterocycles. The molecule has 5 nitrogen and oxygen atoms in total. The normalized spacial score (nSPS) is 10.3. The Balaban J connectivity index is 2.21. The van der Waals surface area contributed by atoms with Gasteiger partial charge in [0.25, 0.3) is 0 Å². The summed E-state index contributed by atoms with van der Waals surface area (Å²) in [6, 6.07) is 3.88. The highest BCUT2D eigenvalue weighted by Gasteiger charge is 2.11. The maximum absolute atomic E-state index is 9.15. The van der Waals surface area contributed by atoms with Gasteiger partial charge in [0.1, 0.15) is 12.1 Å². The van der Waals surface area contributed by atoms with Crippen LogP contribution in [0.4, 0.5) is 5.82 Å². The molecule has 2 aromatic rings. The molecule has 0 amide bonds. The standard InChI is InChI=1S/C12H13BrN4O/c13-11-7-15-9-16-12(11)17(4-5-18)8-10-2-1-3-14-6-10/h1-3,6-7,9,18H,4-5,8H2. The van der Waals surface area contributed by atoms with E-state index in [0.717, 1.165) is 15.9 Å². The first-order chi connectivity index (χ1) is 8.81. The molecule has 0 bridgehead atoms. The first kappa shape index (κ1) is 12.9. The quantitative estimate of drug-likeness (QED) is 0.909. The van der Waals surface area contributed by atoms with Gasteiger partial charge in [-0.25, -0.2) is 9.97 Å². The molecule has 0 unspecified atom stereocenters. The highest BCUT2D eigenvalue weighted by Crippen LogP contribution is 2.23. The van der Waals surface area contributed by atoms with Gasteiger partial charge >= 0.3 is 0 Å². The maximum atomic E-state index is 9.15. The van der Waals surface area contributed by atoms with Crippen molar-refractivity contribution in [1.29, 1.82) is 0 Å². The molecular weight excluding hydrogens is 296 g/mol. The summed E-state index contributed by atoms with van der Waals surface area (Å²) in [5, 5.41) is 9.15. The highest BCUT2D eigenvalue weighted by atomic mass is 79.9. The van der Waals surface area contributed by atoms with Crippen LogP contribution in [-0.2, 0) is 6.54 Å². The fraction of sp³-hybridized carbons (Fsp3) is 0.250. The monoisotopic (exact) mass is 308 g/mol. The third-order valence-corrected chi connectivity index (χ3v) is 2.97. The van der Waals surface area contributed by atoms with Gasteiger partial charge in [-0.3, -0.25) is 4.98 Å². The summed E-state index contributed by atoms with van der Waals surface area (Å²) in [5.74, 6) is 0.767. The second kappa shape index (κ2) is 6.42. The number of aromatic nitrogens is 3. The van der Waals surface area contributed by atoms with E-state index in [9.17, 15) is 0 Å². The van der Waals surface area contributed by atoms with E-state index in [1.165, 1.54) is 6.33 Å². The third kappa shape index (κ3) is 3.24. The van der Waals surface area contributed by atoms with Crippen LogP contribution in [0, 0.1) is 0 Å². The van der Waals surface area contributed by atoms with Gasteiger partial charge in [-0.15, -0.1) is 0 Å². The van der Waals surface area contributed by atoms with E-state index < -0.39 is 0 Å². The van der Waals surface area contributed by atoms with Crippen LogP contribution in [0.25, 0.3) is 0 Å². The molecular formula is C12H13BrN4O. The van der Waals surface area contributed by atoms with Gasteiger partial charge in [0.2, 0.25) is 0 Å². The number of hydrogen-bond acceptors (Lipinski definition) is 5. The zero-order valence-corrected chi connectivity index (χ0v) is 11.3. The predicted molar refractivity (Wildman–Crippen MR) is 72.1 cm³/mol. The Morgan fingerprint density at radius 1 is 1.28 bits per heavy atom. The van der Waals surface area contributed by atoms with E-state index in [2.05, 4.69) is 30.9 Å². The van der Waals surface area contributed by atoms with Crippen LogP contribution >= 0.6 is 15.9 Å². The van der Waals surface area contributed by atoms with Gasteiger partial charge in [-0.2, -0.15) is 0 Å². The number of pyridine rings is 1. The lowest BCUT2D eigenvalue weighted by Crippen LogP contribution is -2.27. The molecule has 0 aromatic carbocycles. The van der Waals surface area contributed by atoms with Crippen molar-refractivity contribution in [2.45, 2.75) is 6.54 Å². The first-order valence-electron chi connectivity index (χ1n) is 5.51. The van der Waals surface area contributed by atoms with Crippen LogP contribution in [0.2, 0.25) is 0 Å². The number of rotatable bonds is 5. The molecule has 2 aromatic heterocycles. The Kier molecular flexibility index (Phi) is 4.60. The lowest BCUT2D eigenvalue weighted by atomic mass is 10.2.